The van der Waals surface area contributed by atoms with Crippen LogP contribution in [0.4, 0.5) is 0 Å². The Morgan fingerprint density at radius 3 is 1.73 bits per heavy atom. The van der Waals surface area contributed by atoms with Gasteiger partial charge in [0.2, 0.25) is 0 Å². The Balaban J connectivity index is 1.05. The number of rotatable bonds is 13. The number of hydrogen-bond donors (Lipinski definition) is 17. The van der Waals surface area contributed by atoms with Crippen molar-refractivity contribution >= 4 is 5.97 Å². The number of allylic oxidation sites excluding steroid dienone is 2. The van der Waals surface area contributed by atoms with Gasteiger partial charge in [-0.2, -0.15) is 0 Å². The summed E-state index contributed by atoms with van der Waals surface area (Å²) >= 11 is 0. The highest BCUT2D eigenvalue weighted by molar-refractivity contribution is 5.73. The Hall–Kier alpha value is -1.75. The van der Waals surface area contributed by atoms with Gasteiger partial charge >= 0.3 is 5.97 Å². The van der Waals surface area contributed by atoms with Crippen molar-refractivity contribution in [1.82, 2.24) is 0 Å². The molecule has 31 atom stereocenters. The second-order valence-electron chi connectivity index (χ2n) is 26.0. The molecule has 8 fully saturated rings. The van der Waals surface area contributed by atoms with Gasteiger partial charge in [0, 0.05) is 5.41 Å². The fourth-order valence-corrected chi connectivity index (χ4v) is 16.6. The summed E-state index contributed by atoms with van der Waals surface area (Å²) in [6.45, 7) is 8.69. The zero-order valence-corrected chi connectivity index (χ0v) is 45.4. The molecular formula is C53H86O26. The molecule has 0 spiro atoms. The normalized spacial score (nSPS) is 55.5. The molecule has 4 heterocycles. The van der Waals surface area contributed by atoms with Gasteiger partial charge in [0.1, 0.15) is 85.5 Å². The van der Waals surface area contributed by atoms with E-state index in [-0.39, 0.29) is 24.7 Å². The van der Waals surface area contributed by atoms with E-state index in [4.69, 9.17) is 37.9 Å². The number of hydrogen-bond acceptors (Lipinski definition) is 25. The zero-order chi connectivity index (χ0) is 58.0. The van der Waals surface area contributed by atoms with Crippen LogP contribution in [0.1, 0.15) is 86.5 Å². The molecule has 4 aliphatic heterocycles. The molecule has 0 aromatic rings. The lowest BCUT2D eigenvalue weighted by Crippen LogP contribution is -2.72. The van der Waals surface area contributed by atoms with E-state index in [0.717, 1.165) is 5.57 Å². The molecule has 454 valence electrons. The molecular weight excluding hydrogens is 1050 g/mol. The van der Waals surface area contributed by atoms with E-state index in [1.807, 2.05) is 20.8 Å². The van der Waals surface area contributed by atoms with Gasteiger partial charge in [0.15, 0.2) is 31.3 Å². The molecule has 9 aliphatic rings. The van der Waals surface area contributed by atoms with Crippen LogP contribution in [0.25, 0.3) is 0 Å². The summed E-state index contributed by atoms with van der Waals surface area (Å²) in [4.78, 5) is 13.1. The van der Waals surface area contributed by atoms with E-state index in [9.17, 15) is 91.6 Å². The van der Waals surface area contributed by atoms with Crippen LogP contribution in [-0.2, 0) is 42.7 Å². The Labute approximate surface area is 457 Å². The first-order valence-corrected chi connectivity index (χ1v) is 27.7. The van der Waals surface area contributed by atoms with Gasteiger partial charge in [-0.3, -0.25) is 0 Å². The lowest BCUT2D eigenvalue weighted by molar-refractivity contribution is -0.401. The van der Waals surface area contributed by atoms with Crippen LogP contribution >= 0.6 is 0 Å². The Morgan fingerprint density at radius 1 is 0.595 bits per heavy atom. The number of fused-ring (bicyclic) bond motifs is 7. The molecule has 0 aromatic carbocycles. The molecule has 5 unspecified atom stereocenters. The average Bonchev–Trinajstić information content (AvgIpc) is 3.59. The molecule has 26 nitrogen and oxygen atoms in total. The molecule has 4 saturated carbocycles. The van der Waals surface area contributed by atoms with Crippen molar-refractivity contribution in [3.05, 3.63) is 11.6 Å². The molecule has 0 radical (unpaired) electrons. The van der Waals surface area contributed by atoms with Crippen molar-refractivity contribution < 1.29 is 130 Å². The molecule has 4 saturated heterocycles. The maximum atomic E-state index is 13.1. The third-order valence-electron chi connectivity index (χ3n) is 21.6. The fourth-order valence-electron chi connectivity index (χ4n) is 16.6. The lowest BCUT2D eigenvalue weighted by Gasteiger charge is -2.72. The molecule has 0 bridgehead atoms. The van der Waals surface area contributed by atoms with E-state index < -0.39 is 219 Å². The molecule has 9 rings (SSSR count). The van der Waals surface area contributed by atoms with Crippen LogP contribution in [-0.4, -0.2) is 267 Å². The summed E-state index contributed by atoms with van der Waals surface area (Å²) in [5.74, 6) is -2.58. The highest BCUT2D eigenvalue weighted by Crippen LogP contribution is 2.76. The van der Waals surface area contributed by atoms with E-state index in [0.29, 0.717) is 32.1 Å². The van der Waals surface area contributed by atoms with Gasteiger partial charge in [-0.25, -0.2) is 4.79 Å². The Kier molecular flexibility index (Phi) is 17.4. The first kappa shape index (κ1) is 61.8. The van der Waals surface area contributed by atoms with Crippen LogP contribution < -0.4 is 0 Å². The molecule has 79 heavy (non-hydrogen) atoms. The SMILES string of the molecule is CC1(C)C[C@H]2C3=CC[C@@H]4[C@@]5(C)CC[C@H](O[C@@H]6O[C@H](C(=O)O)[C@@H](O)[C@H](O[C@@H]7OC[C@H](O)[C@H](O)[C@H]7OC7OC(CO)C(O)C(O)C7O)[C@H]6O[C@@H]6O[C@H](CO)[C@H](O)[C@H](O)[C@H]6O)[C@@](C)(CO)[C@@H]5CC[C@@]4(C)[C@]3(C)C[C@@H](O)[C@@]2(CO)[C@@H](O)[C@@H]1O. The highest BCUT2D eigenvalue weighted by atomic mass is 16.8. The number of ether oxygens (including phenoxy) is 8. The second kappa shape index (κ2) is 22.3. The van der Waals surface area contributed by atoms with Crippen LogP contribution in [0.3, 0.4) is 0 Å². The molecule has 26 heteroatoms. The Bertz CT molecular complexity index is 2190. The maximum Gasteiger partial charge on any atom is 0.335 e. The minimum atomic E-state index is -2.28. The monoisotopic (exact) mass is 1140 g/mol. The number of aliphatic carboxylic acids is 1. The Morgan fingerprint density at radius 2 is 1.18 bits per heavy atom. The first-order chi connectivity index (χ1) is 37.0. The van der Waals surface area contributed by atoms with Crippen molar-refractivity contribution in [2.45, 2.75) is 228 Å². The number of carboxylic acids is 1. The van der Waals surface area contributed by atoms with E-state index >= 15 is 0 Å². The van der Waals surface area contributed by atoms with Gasteiger partial charge in [0.05, 0.1) is 62.9 Å². The van der Waals surface area contributed by atoms with E-state index in [2.05, 4.69) is 26.8 Å². The second-order valence-corrected chi connectivity index (χ2v) is 26.0. The van der Waals surface area contributed by atoms with Crippen LogP contribution in [0.15, 0.2) is 11.6 Å². The van der Waals surface area contributed by atoms with Crippen molar-refractivity contribution in [3.8, 4) is 0 Å². The molecule has 0 aromatic heterocycles. The first-order valence-electron chi connectivity index (χ1n) is 27.7. The minimum absolute atomic E-state index is 0.0692. The maximum absolute atomic E-state index is 13.1. The van der Waals surface area contributed by atoms with Crippen molar-refractivity contribution in [3.63, 3.8) is 0 Å². The third-order valence-corrected chi connectivity index (χ3v) is 21.6. The van der Waals surface area contributed by atoms with Gasteiger partial charge < -0.3 is 125 Å². The van der Waals surface area contributed by atoms with Gasteiger partial charge in [-0.05, 0) is 84.4 Å². The smallest absolute Gasteiger partial charge is 0.335 e. The standard InChI is InChI=1S/C53H86O26/c1-48(2)13-21-20-7-8-26-49(3)11-10-28(50(4,18-56)25(49)9-12-51(26,5)52(20,6)14-27(59)53(21,19-57)42(69)41(48)68)75-47-40(79-45-35(66)33(64)31(62)24(16-55)74-45)37(36(67)38(77-47)43(70)71)76-46-39(29(60)22(58)17-72-46)78-44-34(65)32(63)30(61)23(15-54)73-44/h7,21-42,44-47,54-69H,8-19H2,1-6H3,(H,70,71)/t21-,22-,23?,24+,25+,26+,27+,28-,29-,30?,31-,32?,33-,34?,35+,36-,37-,38-,39+,40+,41-,42-,44?,45-,46-,47+,49-,50-,51+,52+,53-/m0/s1. The van der Waals surface area contributed by atoms with Crippen LogP contribution in [0.2, 0.25) is 0 Å². The summed E-state index contributed by atoms with van der Waals surface area (Å²) in [5.41, 5.74) is -3.93. The zero-order valence-electron chi connectivity index (χ0n) is 45.4. The largest absolute Gasteiger partial charge is 0.479 e. The number of aliphatic hydroxyl groups excluding tert-OH is 16. The summed E-state index contributed by atoms with van der Waals surface area (Å²) in [6, 6.07) is 0. The van der Waals surface area contributed by atoms with Crippen molar-refractivity contribution in [2.75, 3.05) is 33.0 Å². The van der Waals surface area contributed by atoms with Crippen LogP contribution in [0.5, 0.6) is 0 Å². The minimum Gasteiger partial charge on any atom is -0.479 e. The van der Waals surface area contributed by atoms with Crippen molar-refractivity contribution in [1.29, 1.82) is 0 Å². The summed E-state index contributed by atoms with van der Waals surface area (Å²) in [5, 5.41) is 187. The third kappa shape index (κ3) is 9.60. The topological polar surface area (TPSA) is 435 Å². The van der Waals surface area contributed by atoms with Crippen molar-refractivity contribution in [2.24, 2.45) is 50.2 Å². The van der Waals surface area contributed by atoms with E-state index in [1.54, 1.807) is 0 Å². The molecule has 0 amide bonds. The predicted octanol–water partition coefficient (Wildman–Crippen LogP) is -4.95. The van der Waals surface area contributed by atoms with Gasteiger partial charge in [0.25, 0.3) is 0 Å². The van der Waals surface area contributed by atoms with Crippen LogP contribution in [0, 0.1) is 50.2 Å². The number of aliphatic hydroxyl groups is 16. The van der Waals surface area contributed by atoms with Gasteiger partial charge in [-0.15, -0.1) is 0 Å². The average molecular weight is 1140 g/mol. The number of carbonyl (C=O) groups is 1. The highest BCUT2D eigenvalue weighted by Gasteiger charge is 2.73. The molecule has 5 aliphatic carbocycles. The predicted molar refractivity (Wildman–Crippen MR) is 263 cm³/mol. The van der Waals surface area contributed by atoms with E-state index in [1.165, 1.54) is 0 Å². The summed E-state index contributed by atoms with van der Waals surface area (Å²) in [7, 11) is 0. The summed E-state index contributed by atoms with van der Waals surface area (Å²) < 4.78 is 48.3. The van der Waals surface area contributed by atoms with Gasteiger partial charge in [-0.1, -0.05) is 53.2 Å². The lowest BCUT2D eigenvalue weighted by atomic mass is 9.33. The fraction of sp³-hybridized carbons (Fsp3) is 0.943. The quantitative estimate of drug-likeness (QED) is 0.0607. The summed E-state index contributed by atoms with van der Waals surface area (Å²) in [6.07, 6.45) is -36.5. The molecule has 17 N–H and O–H groups in total. The number of carboxylic acid groups (broad SMARTS) is 1.